The highest BCUT2D eigenvalue weighted by Crippen LogP contribution is 2.22. The zero-order valence-corrected chi connectivity index (χ0v) is 12.1. The number of amides is 1. The molecule has 1 aromatic heterocycles. The maximum absolute atomic E-state index is 11.9. The SMILES string of the molecule is O=C(NCc1ccc2c(c1)CNC2)c1cc(Cl)c(Cl)[nH]1. The molecule has 4 nitrogen and oxygen atoms in total. The molecule has 104 valence electrons. The van der Waals surface area contributed by atoms with Crippen molar-refractivity contribution >= 4 is 29.1 Å². The van der Waals surface area contributed by atoms with E-state index >= 15 is 0 Å². The fourth-order valence-electron chi connectivity index (χ4n) is 2.26. The Bertz CT molecular complexity index is 647. The van der Waals surface area contributed by atoms with Crippen LogP contribution in [0.1, 0.15) is 27.2 Å². The predicted molar refractivity (Wildman–Crippen MR) is 79.0 cm³/mol. The van der Waals surface area contributed by atoms with Gasteiger partial charge in [-0.25, -0.2) is 0 Å². The fraction of sp³-hybridized carbons (Fsp3) is 0.214. The number of H-pyrrole nitrogens is 1. The van der Waals surface area contributed by atoms with Crippen molar-refractivity contribution < 1.29 is 4.79 Å². The van der Waals surface area contributed by atoms with Crippen LogP contribution in [0.25, 0.3) is 0 Å². The number of halogens is 2. The van der Waals surface area contributed by atoms with Crippen LogP contribution in [-0.2, 0) is 19.6 Å². The number of benzene rings is 1. The first-order valence-electron chi connectivity index (χ1n) is 6.27. The summed E-state index contributed by atoms with van der Waals surface area (Å²) in [7, 11) is 0. The predicted octanol–water partition coefficient (Wildman–Crippen LogP) is 2.85. The highest BCUT2D eigenvalue weighted by molar-refractivity contribution is 6.41. The molecule has 1 aliphatic heterocycles. The van der Waals surface area contributed by atoms with Crippen molar-refractivity contribution in [3.63, 3.8) is 0 Å². The zero-order valence-electron chi connectivity index (χ0n) is 10.6. The maximum atomic E-state index is 11.9. The van der Waals surface area contributed by atoms with Crippen LogP contribution in [-0.4, -0.2) is 10.9 Å². The molecule has 20 heavy (non-hydrogen) atoms. The van der Waals surface area contributed by atoms with Gasteiger partial charge < -0.3 is 15.6 Å². The van der Waals surface area contributed by atoms with Gasteiger partial charge in [0.25, 0.3) is 5.91 Å². The lowest BCUT2D eigenvalue weighted by Crippen LogP contribution is -2.23. The van der Waals surface area contributed by atoms with E-state index in [0.717, 1.165) is 18.7 Å². The van der Waals surface area contributed by atoms with E-state index < -0.39 is 0 Å². The molecule has 0 aliphatic carbocycles. The molecule has 0 atom stereocenters. The third-order valence-corrected chi connectivity index (χ3v) is 4.02. The summed E-state index contributed by atoms with van der Waals surface area (Å²) in [6, 6.07) is 7.76. The normalized spacial score (nSPS) is 13.3. The van der Waals surface area contributed by atoms with Gasteiger partial charge in [0.1, 0.15) is 10.8 Å². The van der Waals surface area contributed by atoms with Crippen molar-refractivity contribution in [2.75, 3.05) is 0 Å². The highest BCUT2D eigenvalue weighted by Gasteiger charge is 2.13. The number of aromatic amines is 1. The van der Waals surface area contributed by atoms with Crippen LogP contribution in [0.4, 0.5) is 0 Å². The molecule has 2 heterocycles. The highest BCUT2D eigenvalue weighted by atomic mass is 35.5. The van der Waals surface area contributed by atoms with Gasteiger partial charge in [0, 0.05) is 19.6 Å². The Kier molecular flexibility index (Phi) is 3.70. The molecule has 0 saturated carbocycles. The largest absolute Gasteiger partial charge is 0.347 e. The molecule has 2 aromatic rings. The first kappa shape index (κ1) is 13.5. The molecule has 3 rings (SSSR count). The van der Waals surface area contributed by atoms with Crippen molar-refractivity contribution in [3.8, 4) is 0 Å². The number of hydrogen-bond acceptors (Lipinski definition) is 2. The molecule has 3 N–H and O–H groups in total. The third-order valence-electron chi connectivity index (χ3n) is 3.32. The molecular weight excluding hydrogens is 297 g/mol. The average Bonchev–Trinajstić information content (AvgIpc) is 3.03. The van der Waals surface area contributed by atoms with Crippen LogP contribution < -0.4 is 10.6 Å². The summed E-state index contributed by atoms with van der Waals surface area (Å²) >= 11 is 11.6. The summed E-state index contributed by atoms with van der Waals surface area (Å²) in [4.78, 5) is 14.7. The van der Waals surface area contributed by atoms with Crippen LogP contribution in [0.2, 0.25) is 10.2 Å². The molecule has 1 aromatic carbocycles. The Morgan fingerprint density at radius 3 is 2.75 bits per heavy atom. The van der Waals surface area contributed by atoms with E-state index in [1.54, 1.807) is 0 Å². The Balaban J connectivity index is 1.66. The number of carbonyl (C=O) groups is 1. The second-order valence-corrected chi connectivity index (χ2v) is 5.52. The summed E-state index contributed by atoms with van der Waals surface area (Å²) in [5.74, 6) is -0.225. The summed E-state index contributed by atoms with van der Waals surface area (Å²) in [6.45, 7) is 2.28. The minimum atomic E-state index is -0.225. The Hall–Kier alpha value is -1.49. The summed E-state index contributed by atoms with van der Waals surface area (Å²) in [5.41, 5.74) is 4.05. The van der Waals surface area contributed by atoms with Gasteiger partial charge in [-0.15, -0.1) is 0 Å². The standard InChI is InChI=1S/C14H13Cl2N3O/c15-11-4-12(19-13(11)16)14(20)18-5-8-1-2-9-6-17-7-10(9)3-8/h1-4,17,19H,5-7H2,(H,18,20). The van der Waals surface area contributed by atoms with Gasteiger partial charge in [-0.1, -0.05) is 41.4 Å². The summed E-state index contributed by atoms with van der Waals surface area (Å²) < 4.78 is 0. The minimum absolute atomic E-state index is 0.225. The van der Waals surface area contributed by atoms with Crippen molar-refractivity contribution in [3.05, 3.63) is 56.8 Å². The van der Waals surface area contributed by atoms with E-state index in [1.807, 2.05) is 6.07 Å². The number of fused-ring (bicyclic) bond motifs is 1. The molecular formula is C14H13Cl2N3O. The Labute approximate surface area is 126 Å². The van der Waals surface area contributed by atoms with Crippen LogP contribution in [0, 0.1) is 0 Å². The topological polar surface area (TPSA) is 56.9 Å². The first-order chi connectivity index (χ1) is 9.63. The van der Waals surface area contributed by atoms with Crippen molar-refractivity contribution in [2.24, 2.45) is 0 Å². The molecule has 0 saturated heterocycles. The number of carbonyl (C=O) groups excluding carboxylic acids is 1. The van der Waals surface area contributed by atoms with E-state index in [9.17, 15) is 4.79 Å². The van der Waals surface area contributed by atoms with Crippen LogP contribution in [0.5, 0.6) is 0 Å². The monoisotopic (exact) mass is 309 g/mol. The Morgan fingerprint density at radius 1 is 1.20 bits per heavy atom. The van der Waals surface area contributed by atoms with Gasteiger partial charge in [0.05, 0.1) is 5.02 Å². The molecule has 0 radical (unpaired) electrons. The minimum Gasteiger partial charge on any atom is -0.347 e. The number of nitrogens with one attached hydrogen (secondary N) is 3. The number of hydrogen-bond donors (Lipinski definition) is 3. The second-order valence-electron chi connectivity index (χ2n) is 4.73. The molecule has 1 amide bonds. The van der Waals surface area contributed by atoms with Gasteiger partial charge in [-0.2, -0.15) is 0 Å². The van der Waals surface area contributed by atoms with E-state index in [0.29, 0.717) is 17.3 Å². The second kappa shape index (κ2) is 5.48. The summed E-state index contributed by atoms with van der Waals surface area (Å²) in [5, 5.41) is 6.76. The van der Waals surface area contributed by atoms with Crippen molar-refractivity contribution in [1.82, 2.24) is 15.6 Å². The van der Waals surface area contributed by atoms with Crippen molar-refractivity contribution in [2.45, 2.75) is 19.6 Å². The quantitative estimate of drug-likeness (QED) is 0.816. The van der Waals surface area contributed by atoms with E-state index in [2.05, 4.69) is 27.8 Å². The lowest BCUT2D eigenvalue weighted by molar-refractivity contribution is 0.0946. The molecule has 0 spiro atoms. The number of rotatable bonds is 3. The van der Waals surface area contributed by atoms with E-state index in [4.69, 9.17) is 23.2 Å². The molecule has 6 heteroatoms. The third kappa shape index (κ3) is 2.68. The van der Waals surface area contributed by atoms with Gasteiger partial charge in [0.2, 0.25) is 0 Å². The van der Waals surface area contributed by atoms with E-state index in [-0.39, 0.29) is 11.1 Å². The lowest BCUT2D eigenvalue weighted by atomic mass is 10.1. The van der Waals surface area contributed by atoms with Gasteiger partial charge in [-0.3, -0.25) is 4.79 Å². The Morgan fingerprint density at radius 2 is 2.00 bits per heavy atom. The first-order valence-corrected chi connectivity index (χ1v) is 7.02. The fourth-order valence-corrected chi connectivity index (χ4v) is 2.57. The smallest absolute Gasteiger partial charge is 0.268 e. The van der Waals surface area contributed by atoms with Crippen LogP contribution in [0.15, 0.2) is 24.3 Å². The number of aromatic nitrogens is 1. The molecule has 0 bridgehead atoms. The van der Waals surface area contributed by atoms with Gasteiger partial charge in [0.15, 0.2) is 0 Å². The van der Waals surface area contributed by atoms with Crippen molar-refractivity contribution in [1.29, 1.82) is 0 Å². The van der Waals surface area contributed by atoms with Gasteiger partial charge >= 0.3 is 0 Å². The molecule has 0 unspecified atom stereocenters. The molecule has 1 aliphatic rings. The van der Waals surface area contributed by atoms with E-state index in [1.165, 1.54) is 17.2 Å². The summed E-state index contributed by atoms with van der Waals surface area (Å²) in [6.07, 6.45) is 0. The average molecular weight is 310 g/mol. The molecule has 0 fully saturated rings. The zero-order chi connectivity index (χ0) is 14.1. The maximum Gasteiger partial charge on any atom is 0.268 e. The van der Waals surface area contributed by atoms with Crippen LogP contribution in [0.3, 0.4) is 0 Å². The van der Waals surface area contributed by atoms with Gasteiger partial charge in [-0.05, 0) is 22.8 Å². The lowest BCUT2D eigenvalue weighted by Gasteiger charge is -2.06. The van der Waals surface area contributed by atoms with Crippen LogP contribution >= 0.6 is 23.2 Å².